The van der Waals surface area contributed by atoms with Gasteiger partial charge < -0.3 is 8.85 Å². The highest BCUT2D eigenvalue weighted by atomic mass is 28.4. The Bertz CT molecular complexity index is 950. The average Bonchev–Trinajstić information content (AvgIpc) is 3.39. The highest BCUT2D eigenvalue weighted by Crippen LogP contribution is 2.68. The molecule has 2 bridgehead atoms. The molecule has 5 rings (SSSR count). The zero-order chi connectivity index (χ0) is 20.2. The van der Waals surface area contributed by atoms with Crippen molar-refractivity contribution in [2.24, 2.45) is 17.3 Å². The van der Waals surface area contributed by atoms with E-state index in [1.807, 2.05) is 12.1 Å². The molecule has 1 saturated heterocycles. The van der Waals surface area contributed by atoms with Crippen LogP contribution in [0.4, 0.5) is 0 Å². The lowest BCUT2D eigenvalue weighted by Crippen LogP contribution is -2.60. The molecule has 150 valence electrons. The summed E-state index contributed by atoms with van der Waals surface area (Å²) < 4.78 is 12.3. The van der Waals surface area contributed by atoms with E-state index in [-0.39, 0.29) is 23.4 Å². The Balaban J connectivity index is 1.59. The summed E-state index contributed by atoms with van der Waals surface area (Å²) in [4.78, 5) is 25.5. The van der Waals surface area contributed by atoms with E-state index in [1.54, 1.807) is 0 Å². The van der Waals surface area contributed by atoms with Crippen LogP contribution in [-0.4, -0.2) is 29.3 Å². The summed E-state index contributed by atoms with van der Waals surface area (Å²) in [5.74, 6) is -0.557. The zero-order valence-electron chi connectivity index (χ0n) is 16.8. The first-order valence-electron chi connectivity index (χ1n) is 10.5. The summed E-state index contributed by atoms with van der Waals surface area (Å²) in [7, 11) is -4.23. The molecule has 2 aromatic rings. The monoisotopic (exact) mass is 422 g/mol. The minimum Gasteiger partial charge on any atom is -0.451 e. The highest BCUT2D eigenvalue weighted by molar-refractivity contribution is 6.92. The molecule has 6 heteroatoms. The van der Waals surface area contributed by atoms with Crippen molar-refractivity contribution >= 4 is 39.7 Å². The van der Waals surface area contributed by atoms with Crippen LogP contribution in [0, 0.1) is 17.3 Å². The number of hydrogen-bond acceptors (Lipinski definition) is 4. The van der Waals surface area contributed by atoms with Crippen molar-refractivity contribution in [1.82, 2.24) is 0 Å². The highest BCUT2D eigenvalue weighted by Gasteiger charge is 2.73. The van der Waals surface area contributed by atoms with E-state index in [2.05, 4.69) is 61.6 Å². The lowest BCUT2D eigenvalue weighted by molar-refractivity contribution is -0.155. The third-order valence-corrected chi connectivity index (χ3v) is 15.8. The smallest absolute Gasteiger partial charge is 0.320 e. The molecule has 2 saturated carbocycles. The van der Waals surface area contributed by atoms with Crippen LogP contribution in [0.15, 0.2) is 60.7 Å². The molecule has 2 aromatic carbocycles. The van der Waals surface area contributed by atoms with E-state index in [9.17, 15) is 9.59 Å². The van der Waals surface area contributed by atoms with Gasteiger partial charge in [-0.2, -0.15) is 0 Å². The number of hydrogen-bond donors (Lipinski definition) is 0. The van der Waals surface area contributed by atoms with Gasteiger partial charge in [-0.25, -0.2) is 0 Å². The SMILES string of the molecule is C[SiH](O[Si](C)(c1ccccc1)C1C2CCC3(C2)C(=O)OC(=O)C13)c1ccccc1. The molecular formula is C23H26O4Si2. The minimum atomic E-state index is -2.55. The fourth-order valence-corrected chi connectivity index (χ4v) is 15.2. The van der Waals surface area contributed by atoms with Gasteiger partial charge in [0, 0.05) is 0 Å². The molecule has 0 radical (unpaired) electrons. The van der Waals surface area contributed by atoms with E-state index in [4.69, 9.17) is 8.85 Å². The van der Waals surface area contributed by atoms with Gasteiger partial charge in [0.25, 0.3) is 0 Å². The Morgan fingerprint density at radius 3 is 2.41 bits per heavy atom. The van der Waals surface area contributed by atoms with Crippen LogP contribution in [0.3, 0.4) is 0 Å². The Morgan fingerprint density at radius 1 is 1.07 bits per heavy atom. The number of ether oxygens (including phenoxy) is 1. The molecular weight excluding hydrogens is 396 g/mol. The number of esters is 2. The number of benzene rings is 2. The predicted octanol–water partition coefficient (Wildman–Crippen LogP) is 2.62. The third kappa shape index (κ3) is 2.73. The molecule has 6 atom stereocenters. The number of rotatable bonds is 5. The molecule has 4 nitrogen and oxygen atoms in total. The Morgan fingerprint density at radius 2 is 1.72 bits per heavy atom. The molecule has 1 aliphatic heterocycles. The maximum atomic E-state index is 12.8. The second-order valence-corrected chi connectivity index (χ2v) is 15.4. The molecule has 1 heterocycles. The molecule has 29 heavy (non-hydrogen) atoms. The van der Waals surface area contributed by atoms with Crippen LogP contribution < -0.4 is 10.4 Å². The second kappa shape index (κ2) is 6.75. The predicted molar refractivity (Wildman–Crippen MR) is 116 cm³/mol. The summed E-state index contributed by atoms with van der Waals surface area (Å²) in [6, 6.07) is 20.9. The van der Waals surface area contributed by atoms with Gasteiger partial charge in [0.2, 0.25) is 8.32 Å². The normalized spacial score (nSPS) is 33.2. The topological polar surface area (TPSA) is 52.6 Å². The number of cyclic esters (lactones) is 2. The van der Waals surface area contributed by atoms with Crippen LogP contribution in [0.5, 0.6) is 0 Å². The minimum absolute atomic E-state index is 0.0938. The zero-order valence-corrected chi connectivity index (χ0v) is 19.0. The fourth-order valence-electron chi connectivity index (χ4n) is 6.30. The van der Waals surface area contributed by atoms with Crippen LogP contribution in [0.2, 0.25) is 18.6 Å². The summed E-state index contributed by atoms with van der Waals surface area (Å²) in [6.07, 6.45) is 2.56. The first-order valence-corrected chi connectivity index (χ1v) is 15.2. The second-order valence-electron chi connectivity index (χ2n) is 9.01. The lowest BCUT2D eigenvalue weighted by atomic mass is 9.76. The number of carbonyl (C=O) groups is 2. The van der Waals surface area contributed by atoms with Crippen molar-refractivity contribution in [2.75, 3.05) is 0 Å². The van der Waals surface area contributed by atoms with Gasteiger partial charge in [-0.15, -0.1) is 0 Å². The van der Waals surface area contributed by atoms with E-state index >= 15 is 0 Å². The van der Waals surface area contributed by atoms with Crippen LogP contribution in [-0.2, 0) is 18.4 Å². The molecule has 2 aliphatic carbocycles. The van der Waals surface area contributed by atoms with E-state index < -0.39 is 22.8 Å². The van der Waals surface area contributed by atoms with Crippen molar-refractivity contribution in [1.29, 1.82) is 0 Å². The molecule has 0 N–H and O–H groups in total. The van der Waals surface area contributed by atoms with Gasteiger partial charge in [0.05, 0.1) is 11.3 Å². The van der Waals surface area contributed by atoms with Crippen molar-refractivity contribution in [2.45, 2.75) is 37.9 Å². The van der Waals surface area contributed by atoms with Gasteiger partial charge in [-0.3, -0.25) is 9.59 Å². The summed E-state index contributed by atoms with van der Waals surface area (Å²) in [5, 5.41) is 2.49. The first-order chi connectivity index (χ1) is 14.0. The lowest BCUT2D eigenvalue weighted by Gasteiger charge is -2.43. The summed E-state index contributed by atoms with van der Waals surface area (Å²) in [6.45, 7) is 4.49. The number of fused-ring (bicyclic) bond motifs is 1. The first kappa shape index (κ1) is 19.0. The Labute approximate surface area is 174 Å². The molecule has 3 fully saturated rings. The van der Waals surface area contributed by atoms with Gasteiger partial charge in [-0.05, 0) is 54.2 Å². The van der Waals surface area contributed by atoms with Crippen LogP contribution >= 0.6 is 0 Å². The van der Waals surface area contributed by atoms with Crippen molar-refractivity contribution in [3.63, 3.8) is 0 Å². The quantitative estimate of drug-likeness (QED) is 0.422. The number of carbonyl (C=O) groups excluding carboxylic acids is 2. The maximum Gasteiger partial charge on any atom is 0.320 e. The van der Waals surface area contributed by atoms with Gasteiger partial charge in [0.15, 0.2) is 9.04 Å². The molecule has 0 aromatic heterocycles. The van der Waals surface area contributed by atoms with Gasteiger partial charge >= 0.3 is 11.9 Å². The fraction of sp³-hybridized carbons (Fsp3) is 0.391. The summed E-state index contributed by atoms with van der Waals surface area (Å²) >= 11 is 0. The molecule has 1 spiro atoms. The van der Waals surface area contributed by atoms with E-state index in [1.165, 1.54) is 10.4 Å². The van der Waals surface area contributed by atoms with E-state index in [0.717, 1.165) is 19.3 Å². The molecule has 3 aliphatic rings. The third-order valence-electron chi connectivity index (χ3n) is 7.58. The average molecular weight is 423 g/mol. The maximum absolute atomic E-state index is 12.8. The summed E-state index contributed by atoms with van der Waals surface area (Å²) in [5.41, 5.74) is -0.493. The Kier molecular flexibility index (Phi) is 4.42. The standard InChI is InChI=1S/C23H26O4Si2/c1-28(17-9-5-3-6-10-17)27-29(2,18-11-7-4-8-12-18)20-16-13-14-23(15-16)19(20)21(24)26-22(23)25/h3-12,16,19-20,28H,13-15H2,1-2H3. The van der Waals surface area contributed by atoms with Crippen molar-refractivity contribution in [3.05, 3.63) is 60.7 Å². The molecule has 0 amide bonds. The van der Waals surface area contributed by atoms with Gasteiger partial charge in [0.1, 0.15) is 0 Å². The Hall–Kier alpha value is -2.03. The largest absolute Gasteiger partial charge is 0.451 e. The van der Waals surface area contributed by atoms with Crippen molar-refractivity contribution in [3.8, 4) is 0 Å². The van der Waals surface area contributed by atoms with Crippen LogP contribution in [0.1, 0.15) is 19.3 Å². The van der Waals surface area contributed by atoms with E-state index in [0.29, 0.717) is 5.92 Å². The van der Waals surface area contributed by atoms with Gasteiger partial charge in [-0.1, -0.05) is 60.7 Å². The van der Waals surface area contributed by atoms with Crippen LogP contribution in [0.25, 0.3) is 0 Å². The van der Waals surface area contributed by atoms with Crippen molar-refractivity contribution < 1.29 is 18.4 Å². The molecule has 6 unspecified atom stereocenters.